The van der Waals surface area contributed by atoms with Crippen molar-refractivity contribution in [3.63, 3.8) is 0 Å². The minimum Gasteiger partial charge on any atom is -0.507 e. The molecular formula is C25H25F2N5O2. The van der Waals surface area contributed by atoms with Crippen molar-refractivity contribution in [1.82, 2.24) is 15.2 Å². The van der Waals surface area contributed by atoms with Gasteiger partial charge < -0.3 is 20.2 Å². The van der Waals surface area contributed by atoms with Crippen LogP contribution in [0.1, 0.15) is 0 Å². The summed E-state index contributed by atoms with van der Waals surface area (Å²) in [5.74, 6) is -0.566. The van der Waals surface area contributed by atoms with Crippen molar-refractivity contribution in [1.29, 1.82) is 0 Å². The van der Waals surface area contributed by atoms with E-state index in [1.807, 2.05) is 6.07 Å². The average molecular weight is 466 g/mol. The molecule has 2 aliphatic rings. The number of carbonyl (C=O) groups excluding carboxylic acids is 1. The minimum atomic E-state index is -0.615. The number of carbonyl (C=O) groups is 1. The zero-order valence-electron chi connectivity index (χ0n) is 18.8. The van der Waals surface area contributed by atoms with Gasteiger partial charge in [-0.15, -0.1) is 0 Å². The molecule has 2 N–H and O–H groups in total. The third-order valence-electron chi connectivity index (χ3n) is 6.34. The van der Waals surface area contributed by atoms with Gasteiger partial charge in [0.15, 0.2) is 0 Å². The lowest BCUT2D eigenvalue weighted by Gasteiger charge is -2.28. The Hall–Kier alpha value is -3.72. The molecular weight excluding hydrogens is 440 g/mol. The number of nitrogens with zero attached hydrogens (tertiary/aromatic N) is 4. The molecule has 1 aromatic heterocycles. The van der Waals surface area contributed by atoms with Crippen LogP contribution in [0.15, 0.2) is 48.7 Å². The molecule has 2 aromatic carbocycles. The van der Waals surface area contributed by atoms with E-state index in [-0.39, 0.29) is 23.0 Å². The van der Waals surface area contributed by atoms with Gasteiger partial charge in [-0.2, -0.15) is 0 Å². The van der Waals surface area contributed by atoms with Gasteiger partial charge in [0.1, 0.15) is 23.2 Å². The topological polar surface area (TPSA) is 71.9 Å². The van der Waals surface area contributed by atoms with Gasteiger partial charge in [0.2, 0.25) is 0 Å². The monoisotopic (exact) mass is 465 g/mol. The van der Waals surface area contributed by atoms with E-state index in [1.165, 1.54) is 34.1 Å². The van der Waals surface area contributed by atoms with Crippen molar-refractivity contribution >= 4 is 17.5 Å². The summed E-state index contributed by atoms with van der Waals surface area (Å²) in [6.45, 7) is 4.20. The van der Waals surface area contributed by atoms with Gasteiger partial charge in [0, 0.05) is 63.6 Å². The molecule has 3 aromatic rings. The summed E-state index contributed by atoms with van der Waals surface area (Å²) in [5.41, 5.74) is 1.56. The summed E-state index contributed by atoms with van der Waals surface area (Å²) < 4.78 is 29.7. The predicted octanol–water partition coefficient (Wildman–Crippen LogP) is 3.68. The molecule has 0 spiro atoms. The summed E-state index contributed by atoms with van der Waals surface area (Å²) >= 11 is 0. The summed E-state index contributed by atoms with van der Waals surface area (Å²) in [5, 5.41) is 14.4. The molecule has 2 fully saturated rings. The number of piperazine rings is 1. The minimum absolute atomic E-state index is 0.150. The Kier molecular flexibility index (Phi) is 5.79. The number of hydrogen-bond acceptors (Lipinski definition) is 5. The fraction of sp³-hybridized carbons (Fsp3) is 0.280. The largest absolute Gasteiger partial charge is 0.507 e. The number of phenols is 1. The Morgan fingerprint density at radius 1 is 0.941 bits per heavy atom. The number of halogens is 2. The second-order valence-electron chi connectivity index (χ2n) is 8.51. The first-order valence-electron chi connectivity index (χ1n) is 11.2. The summed E-state index contributed by atoms with van der Waals surface area (Å²) in [6.07, 6.45) is 1.63. The highest BCUT2D eigenvalue weighted by atomic mass is 19.1. The number of hydrogen-bond donors (Lipinski definition) is 2. The normalized spacial score (nSPS) is 16.4. The number of aromatic hydroxyl groups is 1. The van der Waals surface area contributed by atoms with Crippen LogP contribution in [-0.4, -0.2) is 67.3 Å². The lowest BCUT2D eigenvalue weighted by Crippen LogP contribution is -2.43. The summed E-state index contributed by atoms with van der Waals surface area (Å²) in [6, 6.07) is 9.99. The highest BCUT2D eigenvalue weighted by Crippen LogP contribution is 2.40. The molecule has 2 aliphatic heterocycles. The van der Waals surface area contributed by atoms with Crippen LogP contribution in [0.4, 0.5) is 25.1 Å². The highest BCUT2D eigenvalue weighted by molar-refractivity contribution is 5.94. The third kappa shape index (κ3) is 4.03. The van der Waals surface area contributed by atoms with Crippen LogP contribution >= 0.6 is 0 Å². The van der Waals surface area contributed by atoms with Crippen LogP contribution in [-0.2, 0) is 0 Å². The van der Waals surface area contributed by atoms with Crippen molar-refractivity contribution in [3.05, 3.63) is 60.3 Å². The van der Waals surface area contributed by atoms with E-state index in [0.29, 0.717) is 29.8 Å². The van der Waals surface area contributed by atoms with Crippen molar-refractivity contribution in [3.8, 4) is 28.0 Å². The zero-order valence-corrected chi connectivity index (χ0v) is 18.8. The Balaban J connectivity index is 1.51. The van der Waals surface area contributed by atoms with Gasteiger partial charge >= 0.3 is 6.03 Å². The molecule has 34 heavy (non-hydrogen) atoms. The Bertz CT molecular complexity index is 1250. The van der Waals surface area contributed by atoms with Crippen LogP contribution in [0.3, 0.4) is 0 Å². The van der Waals surface area contributed by atoms with Gasteiger partial charge in [-0.05, 0) is 47.5 Å². The smallest absolute Gasteiger partial charge is 0.324 e. The maximum atomic E-state index is 15.0. The van der Waals surface area contributed by atoms with E-state index in [1.54, 1.807) is 25.4 Å². The SMILES string of the molecule is CN1CCN(c2ccc(-c3cc(F)cc(-c4ccnc(N5CCNCC5)c4)c3O)cc2F)C1=O. The van der Waals surface area contributed by atoms with Gasteiger partial charge in [0.25, 0.3) is 0 Å². The van der Waals surface area contributed by atoms with Gasteiger partial charge in [-0.1, -0.05) is 6.07 Å². The van der Waals surface area contributed by atoms with E-state index >= 15 is 0 Å². The number of urea groups is 1. The van der Waals surface area contributed by atoms with E-state index < -0.39 is 11.6 Å². The quantitative estimate of drug-likeness (QED) is 0.615. The number of aromatic nitrogens is 1. The van der Waals surface area contributed by atoms with Gasteiger partial charge in [-0.3, -0.25) is 4.90 Å². The molecule has 176 valence electrons. The molecule has 0 bridgehead atoms. The lowest BCUT2D eigenvalue weighted by molar-refractivity contribution is 0.229. The van der Waals surface area contributed by atoms with E-state index in [2.05, 4.69) is 15.2 Å². The van der Waals surface area contributed by atoms with Gasteiger partial charge in [0.05, 0.1) is 5.69 Å². The van der Waals surface area contributed by atoms with Crippen molar-refractivity contribution < 1.29 is 18.7 Å². The van der Waals surface area contributed by atoms with E-state index in [9.17, 15) is 18.7 Å². The van der Waals surface area contributed by atoms with Crippen molar-refractivity contribution in [2.45, 2.75) is 0 Å². The molecule has 0 unspecified atom stereocenters. The zero-order chi connectivity index (χ0) is 23.8. The number of anilines is 2. The fourth-order valence-corrected chi connectivity index (χ4v) is 4.46. The molecule has 7 nitrogen and oxygen atoms in total. The van der Waals surface area contributed by atoms with Crippen molar-refractivity contribution in [2.24, 2.45) is 0 Å². The van der Waals surface area contributed by atoms with Gasteiger partial charge in [-0.25, -0.2) is 18.6 Å². The molecule has 9 heteroatoms. The maximum Gasteiger partial charge on any atom is 0.324 e. The Labute approximate surface area is 196 Å². The number of likely N-dealkylation sites (N-methyl/N-ethyl adjacent to an activating group) is 1. The van der Waals surface area contributed by atoms with Crippen LogP contribution in [0.25, 0.3) is 22.3 Å². The Morgan fingerprint density at radius 2 is 1.65 bits per heavy atom. The maximum absolute atomic E-state index is 15.0. The predicted molar refractivity (Wildman–Crippen MR) is 127 cm³/mol. The standard InChI is InChI=1S/C25H25F2N5O2/c1-30-10-11-32(25(30)34)22-3-2-16(12-21(22)27)19-14-18(26)15-20(24(19)33)17-4-5-29-23(13-17)31-8-6-28-7-9-31/h2-5,12-15,28,33H,6-11H2,1H3. The molecule has 2 saturated heterocycles. The molecule has 0 aliphatic carbocycles. The van der Waals surface area contributed by atoms with Crippen LogP contribution in [0.5, 0.6) is 5.75 Å². The van der Waals surface area contributed by atoms with Crippen LogP contribution < -0.4 is 15.1 Å². The summed E-state index contributed by atoms with van der Waals surface area (Å²) in [7, 11) is 1.66. The number of phenolic OH excluding ortho intramolecular Hbond substituents is 1. The lowest BCUT2D eigenvalue weighted by atomic mass is 9.97. The molecule has 5 rings (SSSR count). The molecule has 3 heterocycles. The number of rotatable bonds is 4. The molecule has 2 amide bonds. The number of pyridine rings is 1. The first-order valence-corrected chi connectivity index (χ1v) is 11.2. The van der Waals surface area contributed by atoms with Crippen LogP contribution in [0.2, 0.25) is 0 Å². The number of benzene rings is 2. The summed E-state index contributed by atoms with van der Waals surface area (Å²) in [4.78, 5) is 21.7. The second kappa shape index (κ2) is 8.90. The first kappa shape index (κ1) is 22.1. The fourth-order valence-electron chi connectivity index (χ4n) is 4.46. The third-order valence-corrected chi connectivity index (χ3v) is 6.34. The first-order chi connectivity index (χ1) is 16.4. The highest BCUT2D eigenvalue weighted by Gasteiger charge is 2.29. The molecule has 0 atom stereocenters. The number of amides is 2. The van der Waals surface area contributed by atoms with E-state index in [4.69, 9.17) is 0 Å². The average Bonchev–Trinajstić information content (AvgIpc) is 3.18. The molecule has 0 radical (unpaired) electrons. The second-order valence-corrected chi connectivity index (χ2v) is 8.51. The van der Waals surface area contributed by atoms with Crippen LogP contribution in [0, 0.1) is 11.6 Å². The van der Waals surface area contributed by atoms with E-state index in [0.717, 1.165) is 32.0 Å². The Morgan fingerprint density at radius 3 is 2.29 bits per heavy atom. The van der Waals surface area contributed by atoms with Crippen molar-refractivity contribution in [2.75, 3.05) is 56.1 Å². The number of nitrogens with one attached hydrogen (secondary N) is 1. The molecule has 0 saturated carbocycles.